The number of hydrogen-bond acceptors (Lipinski definition) is 3. The van der Waals surface area contributed by atoms with Gasteiger partial charge in [0.05, 0.1) is 6.54 Å². The number of hydrogen-bond donors (Lipinski definition) is 1. The fraction of sp³-hybridized carbons (Fsp3) is 0.769. The number of piperidine rings is 1. The molecule has 1 fully saturated rings. The van der Waals surface area contributed by atoms with Crippen molar-refractivity contribution in [1.29, 1.82) is 0 Å². The van der Waals surface area contributed by atoms with Crippen LogP contribution in [0.5, 0.6) is 0 Å². The minimum Gasteiger partial charge on any atom is -0.337 e. The van der Waals surface area contributed by atoms with E-state index in [9.17, 15) is 0 Å². The van der Waals surface area contributed by atoms with E-state index in [1.54, 1.807) is 0 Å². The third-order valence-electron chi connectivity index (χ3n) is 3.60. The third kappa shape index (κ3) is 3.82. The van der Waals surface area contributed by atoms with Gasteiger partial charge in [0.15, 0.2) is 0 Å². The number of aromatic nitrogens is 2. The summed E-state index contributed by atoms with van der Waals surface area (Å²) in [5.74, 6) is 1.14. The van der Waals surface area contributed by atoms with E-state index in [4.69, 9.17) is 0 Å². The molecule has 0 bridgehead atoms. The van der Waals surface area contributed by atoms with Gasteiger partial charge in [-0.1, -0.05) is 6.42 Å². The Bertz CT molecular complexity index is 328. The molecule has 4 nitrogen and oxygen atoms in total. The van der Waals surface area contributed by atoms with Gasteiger partial charge in [0, 0.05) is 25.5 Å². The number of aryl methyl sites for hydroxylation is 1. The molecule has 0 aliphatic carbocycles. The van der Waals surface area contributed by atoms with Crippen molar-refractivity contribution in [3.05, 3.63) is 18.2 Å². The summed E-state index contributed by atoms with van der Waals surface area (Å²) in [4.78, 5) is 6.72. The minimum absolute atomic E-state index is 0.729. The smallest absolute Gasteiger partial charge is 0.122 e. The van der Waals surface area contributed by atoms with E-state index in [1.165, 1.54) is 32.2 Å². The molecule has 1 unspecified atom stereocenters. The van der Waals surface area contributed by atoms with Crippen LogP contribution in [-0.2, 0) is 13.6 Å². The monoisotopic (exact) mass is 236 g/mol. The van der Waals surface area contributed by atoms with Crippen LogP contribution in [0, 0.1) is 0 Å². The lowest BCUT2D eigenvalue weighted by Gasteiger charge is -2.25. The molecule has 0 amide bonds. The van der Waals surface area contributed by atoms with Gasteiger partial charge in [-0.2, -0.15) is 0 Å². The van der Waals surface area contributed by atoms with Crippen molar-refractivity contribution < 1.29 is 0 Å². The predicted octanol–water partition coefficient (Wildman–Crippen LogP) is 1.38. The van der Waals surface area contributed by atoms with Gasteiger partial charge in [0.1, 0.15) is 5.82 Å². The number of rotatable bonds is 5. The van der Waals surface area contributed by atoms with Gasteiger partial charge in [-0.05, 0) is 39.4 Å². The Morgan fingerprint density at radius 1 is 1.53 bits per heavy atom. The lowest BCUT2D eigenvalue weighted by molar-refractivity contribution is 0.275. The van der Waals surface area contributed by atoms with Gasteiger partial charge in [0.2, 0.25) is 0 Å². The molecule has 1 atom stereocenters. The Hall–Kier alpha value is -0.870. The predicted molar refractivity (Wildman–Crippen MR) is 69.8 cm³/mol. The first kappa shape index (κ1) is 12.6. The second-order valence-corrected chi connectivity index (χ2v) is 5.13. The zero-order valence-corrected chi connectivity index (χ0v) is 11.0. The van der Waals surface area contributed by atoms with Crippen molar-refractivity contribution in [3.63, 3.8) is 0 Å². The molecule has 1 aliphatic rings. The highest BCUT2D eigenvalue weighted by Crippen LogP contribution is 2.11. The summed E-state index contributed by atoms with van der Waals surface area (Å²) < 4.78 is 2.09. The van der Waals surface area contributed by atoms with E-state index < -0.39 is 0 Å². The highest BCUT2D eigenvalue weighted by atomic mass is 15.1. The summed E-state index contributed by atoms with van der Waals surface area (Å²) in [7, 11) is 4.23. The minimum atomic E-state index is 0.729. The molecule has 17 heavy (non-hydrogen) atoms. The van der Waals surface area contributed by atoms with Crippen LogP contribution in [-0.4, -0.2) is 40.6 Å². The molecule has 2 heterocycles. The molecular formula is C13H24N4. The number of imidazole rings is 1. The van der Waals surface area contributed by atoms with Crippen LogP contribution < -0.4 is 5.32 Å². The Morgan fingerprint density at radius 3 is 3.06 bits per heavy atom. The van der Waals surface area contributed by atoms with Crippen LogP contribution in [0.25, 0.3) is 0 Å². The Balaban J connectivity index is 1.70. The van der Waals surface area contributed by atoms with E-state index in [0.29, 0.717) is 0 Å². The topological polar surface area (TPSA) is 33.1 Å². The first-order valence-electron chi connectivity index (χ1n) is 6.64. The molecule has 1 aromatic heterocycles. The zero-order chi connectivity index (χ0) is 12.1. The van der Waals surface area contributed by atoms with E-state index in [2.05, 4.69) is 33.9 Å². The van der Waals surface area contributed by atoms with E-state index >= 15 is 0 Å². The van der Waals surface area contributed by atoms with Gasteiger partial charge < -0.3 is 9.88 Å². The van der Waals surface area contributed by atoms with Crippen molar-refractivity contribution in [2.45, 2.75) is 38.3 Å². The van der Waals surface area contributed by atoms with Gasteiger partial charge in [-0.15, -0.1) is 0 Å². The van der Waals surface area contributed by atoms with Crippen LogP contribution in [0.1, 0.15) is 31.5 Å². The molecular weight excluding hydrogens is 212 g/mol. The molecule has 0 radical (unpaired) electrons. The largest absolute Gasteiger partial charge is 0.337 e. The lowest BCUT2D eigenvalue weighted by Crippen LogP contribution is -2.36. The second kappa shape index (κ2) is 6.17. The maximum absolute atomic E-state index is 4.36. The highest BCUT2D eigenvalue weighted by Gasteiger charge is 2.13. The molecule has 0 spiro atoms. The molecule has 2 rings (SSSR count). The van der Waals surface area contributed by atoms with Crippen molar-refractivity contribution in [1.82, 2.24) is 19.8 Å². The van der Waals surface area contributed by atoms with Crippen LogP contribution in [0.3, 0.4) is 0 Å². The average molecular weight is 236 g/mol. The fourth-order valence-corrected chi connectivity index (χ4v) is 2.42. The zero-order valence-electron chi connectivity index (χ0n) is 11.0. The van der Waals surface area contributed by atoms with E-state index in [-0.39, 0.29) is 0 Å². The SMILES string of the molecule is CN(CCC1CCCCN1)Cc1nccn1C. The Labute approximate surface area is 104 Å². The summed E-state index contributed by atoms with van der Waals surface area (Å²) in [5, 5.41) is 3.60. The van der Waals surface area contributed by atoms with Crippen LogP contribution >= 0.6 is 0 Å². The summed E-state index contributed by atoms with van der Waals surface area (Å²) in [6.07, 6.45) is 9.20. The van der Waals surface area contributed by atoms with Crippen molar-refractivity contribution >= 4 is 0 Å². The molecule has 96 valence electrons. The van der Waals surface area contributed by atoms with Gasteiger partial charge in [-0.25, -0.2) is 4.98 Å². The van der Waals surface area contributed by atoms with E-state index in [0.717, 1.165) is 25.0 Å². The maximum Gasteiger partial charge on any atom is 0.122 e. The molecule has 4 heteroatoms. The summed E-state index contributed by atoms with van der Waals surface area (Å²) >= 11 is 0. The molecule has 1 N–H and O–H groups in total. The van der Waals surface area contributed by atoms with Crippen molar-refractivity contribution in [2.24, 2.45) is 7.05 Å². The fourth-order valence-electron chi connectivity index (χ4n) is 2.42. The molecule has 0 aromatic carbocycles. The van der Waals surface area contributed by atoms with E-state index in [1.807, 2.05) is 12.4 Å². The molecule has 1 aromatic rings. The summed E-state index contributed by atoms with van der Waals surface area (Å²) in [6.45, 7) is 3.29. The van der Waals surface area contributed by atoms with Crippen molar-refractivity contribution in [2.75, 3.05) is 20.1 Å². The second-order valence-electron chi connectivity index (χ2n) is 5.13. The average Bonchev–Trinajstić information content (AvgIpc) is 2.74. The maximum atomic E-state index is 4.36. The third-order valence-corrected chi connectivity index (χ3v) is 3.60. The van der Waals surface area contributed by atoms with Gasteiger partial charge >= 0.3 is 0 Å². The van der Waals surface area contributed by atoms with Crippen LogP contribution in [0.4, 0.5) is 0 Å². The van der Waals surface area contributed by atoms with Crippen LogP contribution in [0.15, 0.2) is 12.4 Å². The Morgan fingerprint density at radius 2 is 2.41 bits per heavy atom. The molecule has 0 saturated carbocycles. The molecule has 1 aliphatic heterocycles. The Kier molecular flexibility index (Phi) is 4.57. The van der Waals surface area contributed by atoms with Gasteiger partial charge in [-0.3, -0.25) is 4.90 Å². The molecule has 1 saturated heterocycles. The standard InChI is InChI=1S/C13H24N4/c1-16(11-13-15-8-10-17(13)2)9-6-12-5-3-4-7-14-12/h8,10,12,14H,3-7,9,11H2,1-2H3. The first-order chi connectivity index (χ1) is 8.25. The van der Waals surface area contributed by atoms with Gasteiger partial charge in [0.25, 0.3) is 0 Å². The summed E-state index contributed by atoms with van der Waals surface area (Å²) in [5.41, 5.74) is 0. The van der Waals surface area contributed by atoms with Crippen molar-refractivity contribution in [3.8, 4) is 0 Å². The highest BCUT2D eigenvalue weighted by molar-refractivity contribution is 4.90. The lowest BCUT2D eigenvalue weighted by atomic mass is 10.0. The normalized spacial score (nSPS) is 21.0. The summed E-state index contributed by atoms with van der Waals surface area (Å²) in [6, 6.07) is 0.729. The quantitative estimate of drug-likeness (QED) is 0.838. The number of nitrogens with zero attached hydrogens (tertiary/aromatic N) is 3. The van der Waals surface area contributed by atoms with Crippen LogP contribution in [0.2, 0.25) is 0 Å². The first-order valence-corrected chi connectivity index (χ1v) is 6.64. The number of nitrogens with one attached hydrogen (secondary N) is 1.